The molecule has 0 unspecified atom stereocenters. The molecule has 1 fully saturated rings. The summed E-state index contributed by atoms with van der Waals surface area (Å²) in [6.45, 7) is 5.61. The normalized spacial score (nSPS) is 21.9. The van der Waals surface area contributed by atoms with E-state index < -0.39 is 42.0 Å². The third-order valence-corrected chi connectivity index (χ3v) is 3.92. The van der Waals surface area contributed by atoms with Crippen LogP contribution in [0.3, 0.4) is 0 Å². The fourth-order valence-corrected chi connectivity index (χ4v) is 2.76. The molecule has 2 atom stereocenters. The molecule has 1 amide bonds. The average molecular weight is 346 g/mol. The number of likely N-dealkylation sites (tertiary alicyclic amines) is 1. The third kappa shape index (κ3) is 3.91. The predicted molar refractivity (Wildman–Crippen MR) is 80.3 cm³/mol. The third-order valence-electron chi connectivity index (χ3n) is 3.92. The Labute approximate surface area is 138 Å². The number of esters is 1. The average Bonchev–Trinajstić information content (AvgIpc) is 3.01. The summed E-state index contributed by atoms with van der Waals surface area (Å²) in [5.41, 5.74) is 0.0621. The highest BCUT2D eigenvalue weighted by molar-refractivity contribution is 5.96. The second-order valence-corrected chi connectivity index (χ2v) is 7.05. The van der Waals surface area contributed by atoms with Crippen LogP contribution < -0.4 is 0 Å². The standard InChI is InChI=1S/C16H21F3N2O3/c1-9-5-20-6-10(9)13(22)21-7-11(12(8-21)16(17,18)19)14(23)24-15(2,3)4/h5-6,11-12,20H,7-8H2,1-4H3/t11-,12-/m1/s1. The van der Waals surface area contributed by atoms with Gasteiger partial charge in [0.2, 0.25) is 0 Å². The Bertz CT molecular complexity index is 631. The van der Waals surface area contributed by atoms with Crippen LogP contribution in [-0.2, 0) is 9.53 Å². The second-order valence-electron chi connectivity index (χ2n) is 7.05. The fourth-order valence-electron chi connectivity index (χ4n) is 2.76. The summed E-state index contributed by atoms with van der Waals surface area (Å²) in [6.07, 6.45) is -1.54. The minimum absolute atomic E-state index is 0.303. The zero-order valence-corrected chi connectivity index (χ0v) is 14.0. The molecular weight excluding hydrogens is 325 g/mol. The molecule has 5 nitrogen and oxygen atoms in total. The maximum atomic E-state index is 13.3. The number of hydrogen-bond acceptors (Lipinski definition) is 3. The summed E-state index contributed by atoms with van der Waals surface area (Å²) in [6, 6.07) is 0. The number of rotatable bonds is 2. The van der Waals surface area contributed by atoms with E-state index in [1.54, 1.807) is 33.9 Å². The molecule has 0 saturated carbocycles. The minimum Gasteiger partial charge on any atom is -0.460 e. The molecule has 0 aromatic carbocycles. The van der Waals surface area contributed by atoms with Crippen molar-refractivity contribution in [3.63, 3.8) is 0 Å². The molecule has 1 aliphatic rings. The van der Waals surface area contributed by atoms with Gasteiger partial charge < -0.3 is 14.6 Å². The SMILES string of the molecule is Cc1c[nH]cc1C(=O)N1C[C@@H](C(F)(F)F)[C@H](C(=O)OC(C)(C)C)C1. The van der Waals surface area contributed by atoms with E-state index in [2.05, 4.69) is 4.98 Å². The van der Waals surface area contributed by atoms with E-state index in [0.717, 1.165) is 4.90 Å². The van der Waals surface area contributed by atoms with Crippen LogP contribution in [0.4, 0.5) is 13.2 Å². The molecule has 2 rings (SSSR count). The minimum atomic E-state index is -4.58. The molecule has 1 aliphatic heterocycles. The first-order valence-electron chi connectivity index (χ1n) is 7.62. The monoisotopic (exact) mass is 346 g/mol. The quantitative estimate of drug-likeness (QED) is 0.838. The van der Waals surface area contributed by atoms with Gasteiger partial charge in [0.1, 0.15) is 5.60 Å². The number of amides is 1. The van der Waals surface area contributed by atoms with Crippen LogP contribution in [0.15, 0.2) is 12.4 Å². The van der Waals surface area contributed by atoms with Crippen LogP contribution in [0.5, 0.6) is 0 Å². The first kappa shape index (κ1) is 18.4. The molecule has 1 aromatic rings. The molecule has 0 radical (unpaired) electrons. The van der Waals surface area contributed by atoms with Crippen molar-refractivity contribution in [2.75, 3.05) is 13.1 Å². The van der Waals surface area contributed by atoms with Crippen molar-refractivity contribution in [3.8, 4) is 0 Å². The van der Waals surface area contributed by atoms with E-state index in [1.807, 2.05) is 0 Å². The summed E-state index contributed by atoms with van der Waals surface area (Å²) < 4.78 is 45.0. The number of ether oxygens (including phenoxy) is 1. The lowest BCUT2D eigenvalue weighted by Gasteiger charge is -2.25. The topological polar surface area (TPSA) is 62.4 Å². The van der Waals surface area contributed by atoms with E-state index in [0.29, 0.717) is 11.1 Å². The van der Waals surface area contributed by atoms with Crippen molar-refractivity contribution in [1.82, 2.24) is 9.88 Å². The van der Waals surface area contributed by atoms with Crippen LogP contribution in [0.1, 0.15) is 36.7 Å². The first-order chi connectivity index (χ1) is 10.9. The van der Waals surface area contributed by atoms with Gasteiger partial charge in [-0.15, -0.1) is 0 Å². The van der Waals surface area contributed by atoms with Gasteiger partial charge in [-0.05, 0) is 33.3 Å². The largest absolute Gasteiger partial charge is 0.460 e. The zero-order valence-electron chi connectivity index (χ0n) is 14.0. The smallest absolute Gasteiger partial charge is 0.394 e. The van der Waals surface area contributed by atoms with E-state index in [4.69, 9.17) is 4.74 Å². The van der Waals surface area contributed by atoms with Gasteiger partial charge in [0.05, 0.1) is 17.4 Å². The molecule has 1 N–H and O–H groups in total. The number of carbonyl (C=O) groups is 2. The first-order valence-corrected chi connectivity index (χ1v) is 7.62. The maximum absolute atomic E-state index is 13.3. The molecule has 8 heteroatoms. The van der Waals surface area contributed by atoms with Crippen LogP contribution in [0.25, 0.3) is 0 Å². The lowest BCUT2D eigenvalue weighted by Crippen LogP contribution is -2.37. The number of nitrogens with zero attached hydrogens (tertiary/aromatic N) is 1. The number of carbonyl (C=O) groups excluding carboxylic acids is 2. The number of alkyl halides is 3. The number of hydrogen-bond donors (Lipinski definition) is 1. The fraction of sp³-hybridized carbons (Fsp3) is 0.625. The molecule has 134 valence electrons. The van der Waals surface area contributed by atoms with E-state index in [9.17, 15) is 22.8 Å². The molecule has 0 aliphatic carbocycles. The molecule has 1 aromatic heterocycles. The molecule has 2 heterocycles. The van der Waals surface area contributed by atoms with Gasteiger partial charge in [-0.25, -0.2) is 0 Å². The van der Waals surface area contributed by atoms with Crippen LogP contribution in [-0.4, -0.2) is 46.6 Å². The summed E-state index contributed by atoms with van der Waals surface area (Å²) in [7, 11) is 0. The Morgan fingerprint density at radius 3 is 2.29 bits per heavy atom. The number of nitrogens with one attached hydrogen (secondary N) is 1. The van der Waals surface area contributed by atoms with E-state index in [-0.39, 0.29) is 6.54 Å². The maximum Gasteiger partial charge on any atom is 0.394 e. The van der Waals surface area contributed by atoms with Crippen LogP contribution in [0.2, 0.25) is 0 Å². The summed E-state index contributed by atoms with van der Waals surface area (Å²) >= 11 is 0. The lowest BCUT2D eigenvalue weighted by atomic mass is 9.95. The van der Waals surface area contributed by atoms with Gasteiger partial charge in [0, 0.05) is 25.5 Å². The number of aromatic nitrogens is 1. The Morgan fingerprint density at radius 1 is 1.21 bits per heavy atom. The van der Waals surface area contributed by atoms with Gasteiger partial charge in [0.15, 0.2) is 0 Å². The van der Waals surface area contributed by atoms with Gasteiger partial charge in [-0.1, -0.05) is 0 Å². The molecular formula is C16H21F3N2O3. The molecule has 24 heavy (non-hydrogen) atoms. The number of aromatic amines is 1. The lowest BCUT2D eigenvalue weighted by molar-refractivity contribution is -0.194. The molecule has 1 saturated heterocycles. The van der Waals surface area contributed by atoms with Crippen molar-refractivity contribution >= 4 is 11.9 Å². The van der Waals surface area contributed by atoms with Crippen molar-refractivity contribution in [2.24, 2.45) is 11.8 Å². The van der Waals surface area contributed by atoms with Crippen LogP contribution in [0, 0.1) is 18.8 Å². The Kier molecular flexibility index (Phi) is 4.70. The number of aryl methyl sites for hydroxylation is 1. The number of halogens is 3. The van der Waals surface area contributed by atoms with Gasteiger partial charge in [0.25, 0.3) is 5.91 Å². The Morgan fingerprint density at radius 2 is 1.83 bits per heavy atom. The Hall–Kier alpha value is -1.99. The summed E-state index contributed by atoms with van der Waals surface area (Å²) in [5, 5.41) is 0. The summed E-state index contributed by atoms with van der Waals surface area (Å²) in [5.74, 6) is -4.78. The van der Waals surface area contributed by atoms with Gasteiger partial charge >= 0.3 is 12.1 Å². The highest BCUT2D eigenvalue weighted by atomic mass is 19.4. The van der Waals surface area contributed by atoms with Gasteiger partial charge in [-0.3, -0.25) is 9.59 Å². The Balaban J connectivity index is 2.23. The zero-order chi connectivity index (χ0) is 18.3. The summed E-state index contributed by atoms with van der Waals surface area (Å²) in [4.78, 5) is 28.4. The molecule has 0 spiro atoms. The van der Waals surface area contributed by atoms with E-state index in [1.165, 1.54) is 6.20 Å². The second kappa shape index (κ2) is 6.14. The van der Waals surface area contributed by atoms with Crippen molar-refractivity contribution in [1.29, 1.82) is 0 Å². The molecule has 0 bridgehead atoms. The highest BCUT2D eigenvalue weighted by Gasteiger charge is 2.54. The number of H-pyrrole nitrogens is 1. The van der Waals surface area contributed by atoms with Crippen molar-refractivity contribution in [2.45, 2.75) is 39.5 Å². The van der Waals surface area contributed by atoms with Gasteiger partial charge in [-0.2, -0.15) is 13.2 Å². The van der Waals surface area contributed by atoms with Crippen LogP contribution >= 0.6 is 0 Å². The van der Waals surface area contributed by atoms with Crippen molar-refractivity contribution in [3.05, 3.63) is 23.5 Å². The highest BCUT2D eigenvalue weighted by Crippen LogP contribution is 2.39. The van der Waals surface area contributed by atoms with Crippen molar-refractivity contribution < 1.29 is 27.5 Å². The predicted octanol–water partition coefficient (Wildman–Crippen LogP) is 2.92. The van der Waals surface area contributed by atoms with E-state index >= 15 is 0 Å².